The van der Waals surface area contributed by atoms with Gasteiger partial charge in [-0.25, -0.2) is 0 Å². The lowest BCUT2D eigenvalue weighted by Gasteiger charge is -2.11. The summed E-state index contributed by atoms with van der Waals surface area (Å²) >= 11 is 0. The van der Waals surface area contributed by atoms with Crippen LogP contribution in [0.4, 0.5) is 0 Å². The molecule has 1 unspecified atom stereocenters. The van der Waals surface area contributed by atoms with Crippen molar-refractivity contribution in [3.63, 3.8) is 0 Å². The summed E-state index contributed by atoms with van der Waals surface area (Å²) in [6.45, 7) is 4.16. The molecule has 1 aromatic heterocycles. The van der Waals surface area contributed by atoms with E-state index in [9.17, 15) is 4.79 Å². The van der Waals surface area contributed by atoms with Crippen molar-refractivity contribution in [1.29, 1.82) is 0 Å². The van der Waals surface area contributed by atoms with E-state index in [-0.39, 0.29) is 11.9 Å². The molecule has 3 heteroatoms. The highest BCUT2D eigenvalue weighted by atomic mass is 16.1. The number of amides is 1. The second kappa shape index (κ2) is 5.04. The zero-order valence-corrected chi connectivity index (χ0v) is 10.3. The van der Waals surface area contributed by atoms with Crippen molar-refractivity contribution in [2.75, 3.05) is 0 Å². The number of aromatic amines is 1. The zero-order chi connectivity index (χ0) is 12.3. The highest BCUT2D eigenvalue weighted by Gasteiger charge is 2.13. The second-order valence-corrected chi connectivity index (χ2v) is 4.41. The number of rotatable bonds is 4. The molecule has 2 N–H and O–H groups in total. The Bertz CT molecular complexity index is 516. The van der Waals surface area contributed by atoms with Crippen LogP contribution >= 0.6 is 0 Å². The van der Waals surface area contributed by atoms with E-state index in [1.807, 2.05) is 31.2 Å². The van der Waals surface area contributed by atoms with Gasteiger partial charge in [-0.2, -0.15) is 0 Å². The SMILES string of the molecule is CCCC(C)NC(=O)c1c[nH]c2ccccc12. The van der Waals surface area contributed by atoms with E-state index in [4.69, 9.17) is 0 Å². The third kappa shape index (κ3) is 2.49. The lowest BCUT2D eigenvalue weighted by atomic mass is 10.1. The molecule has 0 aliphatic carbocycles. The molecular formula is C14H18N2O. The molecule has 0 radical (unpaired) electrons. The Morgan fingerprint density at radius 3 is 2.94 bits per heavy atom. The summed E-state index contributed by atoms with van der Waals surface area (Å²) in [5.74, 6) is 0.00315. The highest BCUT2D eigenvalue weighted by Crippen LogP contribution is 2.17. The van der Waals surface area contributed by atoms with E-state index in [1.165, 1.54) is 0 Å². The molecule has 90 valence electrons. The number of para-hydroxylation sites is 1. The third-order valence-electron chi connectivity index (χ3n) is 2.93. The summed E-state index contributed by atoms with van der Waals surface area (Å²) in [6, 6.07) is 8.07. The molecular weight excluding hydrogens is 212 g/mol. The molecule has 3 nitrogen and oxygen atoms in total. The van der Waals surface area contributed by atoms with Crippen LogP contribution < -0.4 is 5.32 Å². The summed E-state index contributed by atoms with van der Waals surface area (Å²) in [7, 11) is 0. The Morgan fingerprint density at radius 2 is 2.18 bits per heavy atom. The van der Waals surface area contributed by atoms with E-state index in [0.29, 0.717) is 0 Å². The van der Waals surface area contributed by atoms with Gasteiger partial charge in [-0.1, -0.05) is 31.5 Å². The summed E-state index contributed by atoms with van der Waals surface area (Å²) < 4.78 is 0. The minimum absolute atomic E-state index is 0.00315. The number of aromatic nitrogens is 1. The number of carbonyl (C=O) groups excluding carboxylic acids is 1. The van der Waals surface area contributed by atoms with Crippen LogP contribution in [0.2, 0.25) is 0 Å². The van der Waals surface area contributed by atoms with E-state index >= 15 is 0 Å². The van der Waals surface area contributed by atoms with Gasteiger partial charge in [0.15, 0.2) is 0 Å². The second-order valence-electron chi connectivity index (χ2n) is 4.41. The maximum atomic E-state index is 12.1. The minimum Gasteiger partial charge on any atom is -0.360 e. The first-order valence-corrected chi connectivity index (χ1v) is 6.09. The van der Waals surface area contributed by atoms with Gasteiger partial charge in [0.1, 0.15) is 0 Å². The van der Waals surface area contributed by atoms with Crippen LogP contribution in [-0.4, -0.2) is 16.9 Å². The van der Waals surface area contributed by atoms with Crippen LogP contribution in [0.1, 0.15) is 37.0 Å². The average Bonchev–Trinajstić information content (AvgIpc) is 2.72. The van der Waals surface area contributed by atoms with Crippen LogP contribution in [0.15, 0.2) is 30.5 Å². The molecule has 2 aromatic rings. The van der Waals surface area contributed by atoms with Crippen LogP contribution in [0.25, 0.3) is 10.9 Å². The van der Waals surface area contributed by atoms with Crippen molar-refractivity contribution in [2.45, 2.75) is 32.7 Å². The van der Waals surface area contributed by atoms with Gasteiger partial charge in [0, 0.05) is 23.1 Å². The van der Waals surface area contributed by atoms with E-state index in [2.05, 4.69) is 17.2 Å². The van der Waals surface area contributed by atoms with Crippen LogP contribution in [0, 0.1) is 0 Å². The Balaban J connectivity index is 2.19. The van der Waals surface area contributed by atoms with E-state index in [1.54, 1.807) is 6.20 Å². The Morgan fingerprint density at radius 1 is 1.41 bits per heavy atom. The number of benzene rings is 1. The van der Waals surface area contributed by atoms with E-state index < -0.39 is 0 Å². The summed E-state index contributed by atoms with van der Waals surface area (Å²) in [4.78, 5) is 15.2. The minimum atomic E-state index is 0.00315. The standard InChI is InChI=1S/C14H18N2O/c1-3-6-10(2)16-14(17)12-9-15-13-8-5-4-7-11(12)13/h4-5,7-10,15H,3,6H2,1-2H3,(H,16,17). The first-order chi connectivity index (χ1) is 8.22. The quantitative estimate of drug-likeness (QED) is 0.833. The number of nitrogens with one attached hydrogen (secondary N) is 2. The van der Waals surface area contributed by atoms with Gasteiger partial charge in [-0.3, -0.25) is 4.79 Å². The number of hydrogen-bond acceptors (Lipinski definition) is 1. The molecule has 1 amide bonds. The van der Waals surface area contributed by atoms with Gasteiger partial charge in [0.2, 0.25) is 0 Å². The van der Waals surface area contributed by atoms with Crippen molar-refractivity contribution < 1.29 is 4.79 Å². The summed E-state index contributed by atoms with van der Waals surface area (Å²) in [5.41, 5.74) is 1.73. The van der Waals surface area contributed by atoms with Gasteiger partial charge in [-0.15, -0.1) is 0 Å². The molecule has 0 aliphatic rings. The average molecular weight is 230 g/mol. The fraction of sp³-hybridized carbons (Fsp3) is 0.357. The van der Waals surface area contributed by atoms with Gasteiger partial charge in [0.25, 0.3) is 5.91 Å². The molecule has 1 atom stereocenters. The predicted octanol–water partition coefficient (Wildman–Crippen LogP) is 3.09. The molecule has 2 rings (SSSR count). The van der Waals surface area contributed by atoms with Gasteiger partial charge in [-0.05, 0) is 19.4 Å². The van der Waals surface area contributed by atoms with Crippen molar-refractivity contribution >= 4 is 16.8 Å². The normalized spacial score (nSPS) is 12.6. The molecule has 0 fully saturated rings. The van der Waals surface area contributed by atoms with Crippen molar-refractivity contribution in [2.24, 2.45) is 0 Å². The number of carbonyl (C=O) groups is 1. The van der Waals surface area contributed by atoms with E-state index in [0.717, 1.165) is 29.3 Å². The van der Waals surface area contributed by atoms with Crippen molar-refractivity contribution in [3.05, 3.63) is 36.0 Å². The van der Waals surface area contributed by atoms with Gasteiger partial charge >= 0.3 is 0 Å². The Hall–Kier alpha value is -1.77. The topological polar surface area (TPSA) is 44.9 Å². The Labute approximate surface area is 101 Å². The monoisotopic (exact) mass is 230 g/mol. The summed E-state index contributed by atoms with van der Waals surface area (Å²) in [5, 5.41) is 4.00. The van der Waals surface area contributed by atoms with Crippen LogP contribution in [0.5, 0.6) is 0 Å². The van der Waals surface area contributed by atoms with Gasteiger partial charge in [0.05, 0.1) is 5.56 Å². The zero-order valence-electron chi connectivity index (χ0n) is 10.3. The molecule has 1 aromatic carbocycles. The summed E-state index contributed by atoms with van der Waals surface area (Å²) in [6.07, 6.45) is 3.86. The largest absolute Gasteiger partial charge is 0.360 e. The van der Waals surface area contributed by atoms with Crippen LogP contribution in [-0.2, 0) is 0 Å². The van der Waals surface area contributed by atoms with Gasteiger partial charge < -0.3 is 10.3 Å². The maximum Gasteiger partial charge on any atom is 0.253 e. The maximum absolute atomic E-state index is 12.1. The third-order valence-corrected chi connectivity index (χ3v) is 2.93. The molecule has 17 heavy (non-hydrogen) atoms. The number of hydrogen-bond donors (Lipinski definition) is 2. The van der Waals surface area contributed by atoms with Crippen molar-refractivity contribution in [3.8, 4) is 0 Å². The molecule has 0 aliphatic heterocycles. The smallest absolute Gasteiger partial charge is 0.253 e. The molecule has 0 bridgehead atoms. The fourth-order valence-corrected chi connectivity index (χ4v) is 2.07. The Kier molecular flexibility index (Phi) is 3.47. The number of H-pyrrole nitrogens is 1. The lowest BCUT2D eigenvalue weighted by Crippen LogP contribution is -2.32. The first-order valence-electron chi connectivity index (χ1n) is 6.09. The highest BCUT2D eigenvalue weighted by molar-refractivity contribution is 6.06. The molecule has 0 saturated heterocycles. The molecule has 1 heterocycles. The lowest BCUT2D eigenvalue weighted by molar-refractivity contribution is 0.0940. The molecule has 0 saturated carbocycles. The van der Waals surface area contributed by atoms with Crippen molar-refractivity contribution in [1.82, 2.24) is 10.3 Å². The van der Waals surface area contributed by atoms with Crippen LogP contribution in [0.3, 0.4) is 0 Å². The number of fused-ring (bicyclic) bond motifs is 1. The predicted molar refractivity (Wildman–Crippen MR) is 70.1 cm³/mol. The fourth-order valence-electron chi connectivity index (χ4n) is 2.07. The molecule has 0 spiro atoms. The first kappa shape index (κ1) is 11.7.